The van der Waals surface area contributed by atoms with Crippen molar-refractivity contribution in [3.05, 3.63) is 18.2 Å². The standard InChI is InChI=1S/C11H16N4O3S/c1-14-5-4-12-9(14)2-3-13-11(18)15-7-19-6-8(15)10(16)17/h4-5,8H,2-3,6-7H2,1H3,(H,13,18)(H,16,17). The topological polar surface area (TPSA) is 87.5 Å². The summed E-state index contributed by atoms with van der Waals surface area (Å²) >= 11 is 1.45. The fourth-order valence-electron chi connectivity index (χ4n) is 1.87. The van der Waals surface area contributed by atoms with Crippen molar-refractivity contribution in [3.63, 3.8) is 0 Å². The molecule has 0 aromatic carbocycles. The van der Waals surface area contributed by atoms with Gasteiger partial charge in [0.1, 0.15) is 11.9 Å². The molecule has 1 unspecified atom stereocenters. The maximum atomic E-state index is 11.9. The molecule has 0 spiro atoms. The average Bonchev–Trinajstić information content (AvgIpc) is 2.98. The number of imidazole rings is 1. The molecule has 1 aliphatic heterocycles. The summed E-state index contributed by atoms with van der Waals surface area (Å²) in [4.78, 5) is 28.4. The van der Waals surface area contributed by atoms with E-state index in [-0.39, 0.29) is 6.03 Å². The van der Waals surface area contributed by atoms with Crippen LogP contribution in [0.25, 0.3) is 0 Å². The van der Waals surface area contributed by atoms with E-state index < -0.39 is 12.0 Å². The molecule has 2 N–H and O–H groups in total. The van der Waals surface area contributed by atoms with Crippen molar-refractivity contribution in [2.24, 2.45) is 7.05 Å². The minimum absolute atomic E-state index is 0.327. The number of aryl methyl sites for hydroxylation is 1. The highest BCUT2D eigenvalue weighted by atomic mass is 32.2. The van der Waals surface area contributed by atoms with E-state index in [9.17, 15) is 9.59 Å². The number of carbonyl (C=O) groups is 2. The molecule has 0 saturated carbocycles. The summed E-state index contributed by atoms with van der Waals surface area (Å²) in [5.74, 6) is 0.794. The van der Waals surface area contributed by atoms with E-state index in [1.807, 2.05) is 17.8 Å². The van der Waals surface area contributed by atoms with Crippen LogP contribution in [0.5, 0.6) is 0 Å². The van der Waals surface area contributed by atoms with Crippen LogP contribution >= 0.6 is 11.8 Å². The molecule has 0 bridgehead atoms. The molecular formula is C11H16N4O3S. The zero-order valence-corrected chi connectivity index (χ0v) is 11.4. The number of rotatable bonds is 4. The van der Waals surface area contributed by atoms with E-state index in [0.29, 0.717) is 24.6 Å². The Kier molecular flexibility index (Phi) is 4.31. The number of thioether (sulfide) groups is 1. The van der Waals surface area contributed by atoms with Crippen LogP contribution in [-0.4, -0.2) is 55.8 Å². The molecule has 2 rings (SSSR count). The number of hydrogen-bond donors (Lipinski definition) is 2. The average molecular weight is 284 g/mol. The van der Waals surface area contributed by atoms with Gasteiger partial charge in [0.2, 0.25) is 0 Å². The lowest BCUT2D eigenvalue weighted by Gasteiger charge is -2.20. The molecule has 8 heteroatoms. The number of carboxylic acids is 1. The van der Waals surface area contributed by atoms with Gasteiger partial charge in [0, 0.05) is 38.2 Å². The first-order chi connectivity index (χ1) is 9.09. The molecule has 2 heterocycles. The van der Waals surface area contributed by atoms with Crippen molar-refractivity contribution in [1.29, 1.82) is 0 Å². The van der Waals surface area contributed by atoms with E-state index in [1.54, 1.807) is 6.20 Å². The summed E-state index contributed by atoms with van der Waals surface area (Å²) in [6.07, 6.45) is 4.16. The number of carboxylic acid groups (broad SMARTS) is 1. The van der Waals surface area contributed by atoms with Crippen LogP contribution in [0.2, 0.25) is 0 Å². The Balaban J connectivity index is 1.81. The Hall–Kier alpha value is -1.70. The number of aliphatic carboxylic acids is 1. The van der Waals surface area contributed by atoms with Crippen molar-refractivity contribution in [1.82, 2.24) is 19.8 Å². The van der Waals surface area contributed by atoms with Crippen LogP contribution in [0.1, 0.15) is 5.82 Å². The number of hydrogen-bond acceptors (Lipinski definition) is 4. The van der Waals surface area contributed by atoms with Gasteiger partial charge in [0.05, 0.1) is 5.88 Å². The van der Waals surface area contributed by atoms with E-state index >= 15 is 0 Å². The van der Waals surface area contributed by atoms with Gasteiger partial charge in [-0.15, -0.1) is 11.8 Å². The van der Waals surface area contributed by atoms with Crippen LogP contribution in [0.15, 0.2) is 12.4 Å². The number of amides is 2. The fourth-order valence-corrected chi connectivity index (χ4v) is 3.01. The van der Waals surface area contributed by atoms with E-state index in [2.05, 4.69) is 10.3 Å². The van der Waals surface area contributed by atoms with E-state index in [1.165, 1.54) is 16.7 Å². The van der Waals surface area contributed by atoms with Crippen molar-refractivity contribution < 1.29 is 14.7 Å². The van der Waals surface area contributed by atoms with Gasteiger partial charge in [0.25, 0.3) is 0 Å². The maximum Gasteiger partial charge on any atom is 0.327 e. The molecular weight excluding hydrogens is 268 g/mol. The van der Waals surface area contributed by atoms with Gasteiger partial charge in [-0.3, -0.25) is 0 Å². The number of nitrogens with zero attached hydrogens (tertiary/aromatic N) is 3. The summed E-state index contributed by atoms with van der Waals surface area (Å²) in [7, 11) is 1.89. The largest absolute Gasteiger partial charge is 0.480 e. The first-order valence-electron chi connectivity index (χ1n) is 5.91. The fraction of sp³-hybridized carbons (Fsp3) is 0.545. The van der Waals surface area contributed by atoms with Crippen molar-refractivity contribution >= 4 is 23.8 Å². The third-order valence-electron chi connectivity index (χ3n) is 2.97. The van der Waals surface area contributed by atoms with Crippen LogP contribution in [0, 0.1) is 0 Å². The van der Waals surface area contributed by atoms with Gasteiger partial charge in [-0.2, -0.15) is 0 Å². The first-order valence-corrected chi connectivity index (χ1v) is 7.06. The van der Waals surface area contributed by atoms with Crippen molar-refractivity contribution in [3.8, 4) is 0 Å². The Bertz CT molecular complexity index is 476. The van der Waals surface area contributed by atoms with Gasteiger partial charge >= 0.3 is 12.0 Å². The monoisotopic (exact) mass is 284 g/mol. The molecule has 19 heavy (non-hydrogen) atoms. The van der Waals surface area contributed by atoms with Gasteiger partial charge in [-0.25, -0.2) is 14.6 Å². The summed E-state index contributed by atoms with van der Waals surface area (Å²) in [6, 6.07) is -1.05. The second kappa shape index (κ2) is 5.96. The SMILES string of the molecule is Cn1ccnc1CCNC(=O)N1CSCC1C(=O)O. The van der Waals surface area contributed by atoms with Crippen molar-refractivity contribution in [2.45, 2.75) is 12.5 Å². The summed E-state index contributed by atoms with van der Waals surface area (Å²) in [5.41, 5.74) is 0. The second-order valence-electron chi connectivity index (χ2n) is 4.26. The molecule has 1 saturated heterocycles. The smallest absolute Gasteiger partial charge is 0.327 e. The first kappa shape index (κ1) is 13.7. The Morgan fingerprint density at radius 3 is 3.05 bits per heavy atom. The van der Waals surface area contributed by atoms with Crippen LogP contribution < -0.4 is 5.32 Å². The number of aromatic nitrogens is 2. The third kappa shape index (κ3) is 3.19. The number of carbonyl (C=O) groups excluding carboxylic acids is 1. The molecule has 0 aliphatic carbocycles. The number of urea groups is 1. The van der Waals surface area contributed by atoms with Crippen molar-refractivity contribution in [2.75, 3.05) is 18.2 Å². The quantitative estimate of drug-likeness (QED) is 0.820. The highest BCUT2D eigenvalue weighted by molar-refractivity contribution is 7.99. The summed E-state index contributed by atoms with van der Waals surface area (Å²) in [5, 5.41) is 11.7. The minimum atomic E-state index is -0.954. The van der Waals surface area contributed by atoms with Gasteiger partial charge in [-0.05, 0) is 0 Å². The third-order valence-corrected chi connectivity index (χ3v) is 3.99. The van der Waals surface area contributed by atoms with E-state index in [4.69, 9.17) is 5.11 Å². The molecule has 1 aromatic rings. The maximum absolute atomic E-state index is 11.9. The van der Waals surface area contributed by atoms with Gasteiger partial charge < -0.3 is 19.9 Å². The molecule has 1 atom stereocenters. The molecule has 2 amide bonds. The second-order valence-corrected chi connectivity index (χ2v) is 5.26. The predicted octanol–water partition coefficient (Wildman–Crippen LogP) is 0.132. The molecule has 104 valence electrons. The van der Waals surface area contributed by atoms with Gasteiger partial charge in [-0.1, -0.05) is 0 Å². The zero-order chi connectivity index (χ0) is 13.8. The Morgan fingerprint density at radius 2 is 2.42 bits per heavy atom. The molecule has 1 fully saturated rings. The van der Waals surface area contributed by atoms with E-state index in [0.717, 1.165) is 5.82 Å². The molecule has 7 nitrogen and oxygen atoms in total. The summed E-state index contributed by atoms with van der Waals surface area (Å²) in [6.45, 7) is 0.442. The summed E-state index contributed by atoms with van der Waals surface area (Å²) < 4.78 is 1.89. The molecule has 1 aliphatic rings. The minimum Gasteiger partial charge on any atom is -0.480 e. The lowest BCUT2D eigenvalue weighted by Crippen LogP contribution is -2.47. The predicted molar refractivity (Wildman–Crippen MR) is 70.9 cm³/mol. The zero-order valence-electron chi connectivity index (χ0n) is 10.6. The highest BCUT2D eigenvalue weighted by Gasteiger charge is 2.34. The lowest BCUT2D eigenvalue weighted by molar-refractivity contribution is -0.140. The van der Waals surface area contributed by atoms with Gasteiger partial charge in [0.15, 0.2) is 0 Å². The lowest BCUT2D eigenvalue weighted by atomic mass is 10.3. The Labute approximate surface area is 115 Å². The van der Waals surface area contributed by atoms with Crippen LogP contribution in [0.3, 0.4) is 0 Å². The van der Waals surface area contributed by atoms with Crippen LogP contribution in [-0.2, 0) is 18.3 Å². The van der Waals surface area contributed by atoms with Crippen LogP contribution in [0.4, 0.5) is 4.79 Å². The normalized spacial score (nSPS) is 18.6. The Morgan fingerprint density at radius 1 is 1.63 bits per heavy atom. The number of nitrogens with one attached hydrogen (secondary N) is 1. The molecule has 1 aromatic heterocycles. The molecule has 0 radical (unpaired) electrons. The highest BCUT2D eigenvalue weighted by Crippen LogP contribution is 2.20.